The highest BCUT2D eigenvalue weighted by Crippen LogP contribution is 2.19. The van der Waals surface area contributed by atoms with E-state index in [1.54, 1.807) is 12.1 Å². The quantitative estimate of drug-likeness (QED) is 0.673. The van der Waals surface area contributed by atoms with E-state index < -0.39 is 0 Å². The van der Waals surface area contributed by atoms with Crippen molar-refractivity contribution in [2.75, 3.05) is 11.9 Å². The van der Waals surface area contributed by atoms with Crippen molar-refractivity contribution in [1.82, 2.24) is 10.2 Å². The molecule has 0 saturated heterocycles. The maximum absolute atomic E-state index is 11.9. The lowest BCUT2D eigenvalue weighted by atomic mass is 10.2. The molecule has 0 radical (unpaired) electrons. The summed E-state index contributed by atoms with van der Waals surface area (Å²) >= 11 is 0. The fraction of sp³-hybridized carbons (Fsp3) is 0.167. The normalized spacial score (nSPS) is 10.3. The van der Waals surface area contributed by atoms with Gasteiger partial charge in [-0.2, -0.15) is 0 Å². The van der Waals surface area contributed by atoms with Crippen LogP contribution < -0.4 is 10.1 Å². The molecule has 0 spiro atoms. The molecule has 1 amide bonds. The number of aromatic nitrogens is 2. The van der Waals surface area contributed by atoms with Crippen LogP contribution in [0, 0.1) is 0 Å². The summed E-state index contributed by atoms with van der Waals surface area (Å²) in [6, 6.07) is 16.8. The molecule has 3 rings (SSSR count). The fourth-order valence-corrected chi connectivity index (χ4v) is 2.16. The summed E-state index contributed by atoms with van der Waals surface area (Å²) in [5, 5.41) is 10.3. The number of ether oxygens (including phenoxy) is 1. The molecule has 0 aliphatic rings. The van der Waals surface area contributed by atoms with Crippen LogP contribution in [0.2, 0.25) is 0 Å². The number of hydrogen-bond donors (Lipinski definition) is 1. The van der Waals surface area contributed by atoms with Crippen molar-refractivity contribution >= 4 is 11.6 Å². The molecule has 1 aromatic heterocycles. The number of amides is 1. The van der Waals surface area contributed by atoms with Crippen LogP contribution >= 0.6 is 0 Å². The van der Waals surface area contributed by atoms with E-state index in [1.165, 1.54) is 6.39 Å². The van der Waals surface area contributed by atoms with E-state index in [1.807, 2.05) is 42.5 Å². The number of carbonyl (C=O) groups excluding carboxylic acids is 1. The number of rotatable bonds is 7. The van der Waals surface area contributed by atoms with E-state index in [4.69, 9.17) is 9.15 Å². The number of hydrogen-bond acceptors (Lipinski definition) is 5. The van der Waals surface area contributed by atoms with E-state index in [0.29, 0.717) is 25.3 Å². The highest BCUT2D eigenvalue weighted by atomic mass is 16.5. The molecule has 2 aromatic carbocycles. The third kappa shape index (κ3) is 4.42. The molecule has 24 heavy (non-hydrogen) atoms. The smallest absolute Gasteiger partial charge is 0.247 e. The zero-order valence-electron chi connectivity index (χ0n) is 13.0. The lowest BCUT2D eigenvalue weighted by Gasteiger charge is -2.07. The summed E-state index contributed by atoms with van der Waals surface area (Å²) in [5.74, 6) is 1.22. The first-order valence-electron chi connectivity index (χ1n) is 7.65. The van der Waals surface area contributed by atoms with E-state index in [-0.39, 0.29) is 5.91 Å². The van der Waals surface area contributed by atoms with Crippen LogP contribution in [0.5, 0.6) is 5.75 Å². The second-order valence-electron chi connectivity index (χ2n) is 5.13. The Bertz CT molecular complexity index is 756. The Balaban J connectivity index is 1.42. The summed E-state index contributed by atoms with van der Waals surface area (Å²) in [6.07, 6.45) is 2.33. The van der Waals surface area contributed by atoms with E-state index in [0.717, 1.165) is 17.0 Å². The van der Waals surface area contributed by atoms with Gasteiger partial charge >= 0.3 is 0 Å². The van der Waals surface area contributed by atoms with Crippen LogP contribution in [0.3, 0.4) is 0 Å². The Kier molecular flexibility index (Phi) is 5.19. The number of nitrogens with one attached hydrogen (secondary N) is 1. The molecule has 1 N–H and O–H groups in total. The second kappa shape index (κ2) is 7.92. The molecule has 0 saturated carbocycles. The lowest BCUT2D eigenvalue weighted by molar-refractivity contribution is -0.116. The van der Waals surface area contributed by atoms with Gasteiger partial charge in [-0.3, -0.25) is 4.79 Å². The first kappa shape index (κ1) is 15.7. The first-order chi connectivity index (χ1) is 11.8. The van der Waals surface area contributed by atoms with Gasteiger partial charge in [0.15, 0.2) is 0 Å². The van der Waals surface area contributed by atoms with Gasteiger partial charge in [0.05, 0.1) is 6.61 Å². The summed E-state index contributed by atoms with van der Waals surface area (Å²) in [7, 11) is 0. The summed E-state index contributed by atoms with van der Waals surface area (Å²) < 4.78 is 10.7. The van der Waals surface area contributed by atoms with Crippen molar-refractivity contribution in [1.29, 1.82) is 0 Å². The maximum atomic E-state index is 11.9. The third-order valence-corrected chi connectivity index (χ3v) is 3.34. The van der Waals surface area contributed by atoms with Crippen molar-refractivity contribution < 1.29 is 13.9 Å². The number of carbonyl (C=O) groups is 1. The minimum atomic E-state index is -0.0443. The van der Waals surface area contributed by atoms with Gasteiger partial charge in [-0.05, 0) is 42.8 Å². The molecule has 0 atom stereocenters. The van der Waals surface area contributed by atoms with Gasteiger partial charge in [-0.1, -0.05) is 18.2 Å². The molecular formula is C18H17N3O3. The molecule has 0 fully saturated rings. The van der Waals surface area contributed by atoms with Gasteiger partial charge in [-0.15, -0.1) is 10.2 Å². The second-order valence-corrected chi connectivity index (χ2v) is 5.13. The summed E-state index contributed by atoms with van der Waals surface area (Å²) in [5.41, 5.74) is 1.54. The van der Waals surface area contributed by atoms with E-state index >= 15 is 0 Å². The summed E-state index contributed by atoms with van der Waals surface area (Å²) in [4.78, 5) is 11.9. The molecule has 122 valence electrons. The molecule has 0 aliphatic carbocycles. The molecular weight excluding hydrogens is 306 g/mol. The maximum Gasteiger partial charge on any atom is 0.247 e. The topological polar surface area (TPSA) is 77.2 Å². The van der Waals surface area contributed by atoms with Crippen LogP contribution in [0.1, 0.15) is 12.8 Å². The largest absolute Gasteiger partial charge is 0.494 e. The van der Waals surface area contributed by atoms with Gasteiger partial charge < -0.3 is 14.5 Å². The zero-order chi connectivity index (χ0) is 16.6. The SMILES string of the molecule is O=C(CCCOc1ccccc1)Nc1ccc(-c2nnco2)cc1. The highest BCUT2D eigenvalue weighted by molar-refractivity contribution is 5.90. The van der Waals surface area contributed by atoms with E-state index in [9.17, 15) is 4.79 Å². The third-order valence-electron chi connectivity index (χ3n) is 3.34. The zero-order valence-corrected chi connectivity index (χ0v) is 13.0. The average molecular weight is 323 g/mol. The predicted octanol–water partition coefficient (Wildman–Crippen LogP) is 3.53. The minimum Gasteiger partial charge on any atom is -0.494 e. The van der Waals surface area contributed by atoms with Crippen LogP contribution in [-0.2, 0) is 4.79 Å². The molecule has 6 nitrogen and oxygen atoms in total. The standard InChI is InChI=1S/C18H17N3O3/c22-17(7-4-12-23-16-5-2-1-3-6-16)20-15-10-8-14(9-11-15)18-21-19-13-24-18/h1-3,5-6,8-11,13H,4,7,12H2,(H,20,22). The van der Waals surface area contributed by atoms with Gasteiger partial charge in [0.2, 0.25) is 18.2 Å². The van der Waals surface area contributed by atoms with Gasteiger partial charge in [0.25, 0.3) is 0 Å². The number of benzene rings is 2. The summed E-state index contributed by atoms with van der Waals surface area (Å²) in [6.45, 7) is 0.507. The van der Waals surface area contributed by atoms with Crippen LogP contribution in [-0.4, -0.2) is 22.7 Å². The molecule has 6 heteroatoms. The Morgan fingerprint density at radius 3 is 2.58 bits per heavy atom. The number of anilines is 1. The van der Waals surface area contributed by atoms with Gasteiger partial charge in [0, 0.05) is 17.7 Å². The van der Waals surface area contributed by atoms with Crippen LogP contribution in [0.4, 0.5) is 5.69 Å². The molecule has 1 heterocycles. The minimum absolute atomic E-state index is 0.0443. The van der Waals surface area contributed by atoms with Crippen LogP contribution in [0.25, 0.3) is 11.5 Å². The van der Waals surface area contributed by atoms with Gasteiger partial charge in [0.1, 0.15) is 5.75 Å². The van der Waals surface area contributed by atoms with Gasteiger partial charge in [-0.25, -0.2) is 0 Å². The Hall–Kier alpha value is -3.15. The molecule has 0 bridgehead atoms. The van der Waals surface area contributed by atoms with E-state index in [2.05, 4.69) is 15.5 Å². The molecule has 3 aromatic rings. The number of nitrogens with zero attached hydrogens (tertiary/aromatic N) is 2. The predicted molar refractivity (Wildman–Crippen MR) is 89.5 cm³/mol. The first-order valence-corrected chi connectivity index (χ1v) is 7.65. The average Bonchev–Trinajstić information content (AvgIpc) is 3.15. The fourth-order valence-electron chi connectivity index (χ4n) is 2.16. The lowest BCUT2D eigenvalue weighted by Crippen LogP contribution is -2.12. The van der Waals surface area contributed by atoms with Crippen molar-refractivity contribution in [3.05, 3.63) is 61.0 Å². The Labute approximate surface area is 139 Å². The monoisotopic (exact) mass is 323 g/mol. The van der Waals surface area contributed by atoms with Crippen molar-refractivity contribution in [2.24, 2.45) is 0 Å². The highest BCUT2D eigenvalue weighted by Gasteiger charge is 2.05. The van der Waals surface area contributed by atoms with Crippen LogP contribution in [0.15, 0.2) is 65.4 Å². The van der Waals surface area contributed by atoms with Crippen molar-refractivity contribution in [3.8, 4) is 17.2 Å². The van der Waals surface area contributed by atoms with Crippen molar-refractivity contribution in [3.63, 3.8) is 0 Å². The van der Waals surface area contributed by atoms with Crippen molar-refractivity contribution in [2.45, 2.75) is 12.8 Å². The number of para-hydroxylation sites is 1. The molecule has 0 unspecified atom stereocenters. The Morgan fingerprint density at radius 2 is 1.88 bits per heavy atom. The Morgan fingerprint density at radius 1 is 1.08 bits per heavy atom. The molecule has 0 aliphatic heterocycles.